The van der Waals surface area contributed by atoms with Gasteiger partial charge in [0.2, 0.25) is 0 Å². The van der Waals surface area contributed by atoms with Gasteiger partial charge in [-0.2, -0.15) is 0 Å². The van der Waals surface area contributed by atoms with Gasteiger partial charge in [-0.1, -0.05) is 0 Å². The predicted octanol–water partition coefficient (Wildman–Crippen LogP) is -1.03. The molecule has 2 aliphatic heterocycles. The molecule has 2 heterocycles. The number of carbonyl (C=O) groups excluding carboxylic acids is 2. The van der Waals surface area contributed by atoms with Gasteiger partial charge in [0, 0.05) is 13.8 Å². The fraction of sp³-hybridized carbons (Fsp3) is 0.800. The van der Waals surface area contributed by atoms with E-state index in [1.54, 1.807) is 0 Å². The van der Waals surface area contributed by atoms with Gasteiger partial charge >= 0.3 is 11.9 Å². The number of esters is 2. The second-order valence-electron chi connectivity index (χ2n) is 4.01. The van der Waals surface area contributed by atoms with E-state index in [2.05, 4.69) is 0 Å². The molecule has 96 valence electrons. The highest BCUT2D eigenvalue weighted by atomic mass is 16.8. The average Bonchev–Trinajstić information content (AvgIpc) is 2.65. The molecule has 2 fully saturated rings. The number of hydrogen-bond acceptors (Lipinski definition) is 7. The molecule has 0 aromatic heterocycles. The SMILES string of the molecule is CC(=O)O[C@@H]1[C@H](O)[C@@H]2OC[C@@H](O2)[C@H]1OC(C)=O. The van der Waals surface area contributed by atoms with E-state index < -0.39 is 42.6 Å². The molecule has 1 N–H and O–H groups in total. The Bertz CT molecular complexity index is 313. The molecule has 0 aliphatic carbocycles. The summed E-state index contributed by atoms with van der Waals surface area (Å²) in [6.07, 6.45) is -4.32. The van der Waals surface area contributed by atoms with Crippen molar-refractivity contribution >= 4 is 11.9 Å². The molecule has 0 unspecified atom stereocenters. The summed E-state index contributed by atoms with van der Waals surface area (Å²) >= 11 is 0. The highest BCUT2D eigenvalue weighted by Crippen LogP contribution is 2.31. The summed E-state index contributed by atoms with van der Waals surface area (Å²) in [5.41, 5.74) is 0. The minimum Gasteiger partial charge on any atom is -0.456 e. The van der Waals surface area contributed by atoms with Gasteiger partial charge in [0.05, 0.1) is 6.61 Å². The van der Waals surface area contributed by atoms with Gasteiger partial charge in [-0.15, -0.1) is 0 Å². The van der Waals surface area contributed by atoms with E-state index in [0.717, 1.165) is 0 Å². The fourth-order valence-corrected chi connectivity index (χ4v) is 2.02. The first-order chi connectivity index (χ1) is 7.99. The Kier molecular flexibility index (Phi) is 3.32. The summed E-state index contributed by atoms with van der Waals surface area (Å²) in [7, 11) is 0. The molecule has 0 aromatic rings. The van der Waals surface area contributed by atoms with Crippen LogP contribution in [-0.2, 0) is 28.5 Å². The van der Waals surface area contributed by atoms with Crippen LogP contribution >= 0.6 is 0 Å². The zero-order valence-electron chi connectivity index (χ0n) is 9.49. The Labute approximate surface area is 97.6 Å². The van der Waals surface area contributed by atoms with E-state index in [-0.39, 0.29) is 6.61 Å². The Balaban J connectivity index is 2.16. The second kappa shape index (κ2) is 4.59. The Hall–Kier alpha value is -1.18. The largest absolute Gasteiger partial charge is 0.456 e. The Morgan fingerprint density at radius 2 is 1.76 bits per heavy atom. The van der Waals surface area contributed by atoms with Crippen LogP contribution in [0.3, 0.4) is 0 Å². The normalized spacial score (nSPS) is 39.8. The first kappa shape index (κ1) is 12.3. The van der Waals surface area contributed by atoms with Crippen LogP contribution in [0.5, 0.6) is 0 Å². The third-order valence-corrected chi connectivity index (χ3v) is 2.64. The minimum atomic E-state index is -1.16. The van der Waals surface area contributed by atoms with Crippen molar-refractivity contribution in [3.8, 4) is 0 Å². The van der Waals surface area contributed by atoms with Gasteiger partial charge in [0.15, 0.2) is 18.5 Å². The standard InChI is InChI=1S/C10H14O7/c1-4(11)15-8-6-3-14-10(17-6)7(13)9(8)16-5(2)12/h6-10,13H,3H2,1-2H3/t6-,7+,8-,9-,10-/m1/s1. The lowest BCUT2D eigenvalue weighted by molar-refractivity contribution is -0.243. The third kappa shape index (κ3) is 2.41. The molecule has 2 rings (SSSR count). The van der Waals surface area contributed by atoms with Crippen LogP contribution in [0.1, 0.15) is 13.8 Å². The molecule has 5 atom stereocenters. The number of rotatable bonds is 2. The molecule has 0 saturated carbocycles. The predicted molar refractivity (Wildman–Crippen MR) is 51.7 cm³/mol. The summed E-state index contributed by atoms with van der Waals surface area (Å²) in [4.78, 5) is 22.0. The number of aliphatic hydroxyl groups excluding tert-OH is 1. The van der Waals surface area contributed by atoms with E-state index in [0.29, 0.717) is 0 Å². The van der Waals surface area contributed by atoms with Crippen molar-refractivity contribution in [1.29, 1.82) is 0 Å². The minimum absolute atomic E-state index is 0.192. The van der Waals surface area contributed by atoms with Crippen molar-refractivity contribution < 1.29 is 33.6 Å². The molecule has 0 radical (unpaired) electrons. The van der Waals surface area contributed by atoms with Crippen LogP contribution in [0.15, 0.2) is 0 Å². The number of carbonyl (C=O) groups is 2. The fourth-order valence-electron chi connectivity index (χ4n) is 2.02. The maximum atomic E-state index is 11.0. The van der Waals surface area contributed by atoms with Crippen LogP contribution in [0.4, 0.5) is 0 Å². The van der Waals surface area contributed by atoms with Gasteiger partial charge in [-0.25, -0.2) is 0 Å². The molecule has 7 nitrogen and oxygen atoms in total. The lowest BCUT2D eigenvalue weighted by Gasteiger charge is -2.36. The lowest BCUT2D eigenvalue weighted by Crippen LogP contribution is -2.56. The number of aliphatic hydroxyl groups is 1. The molecule has 0 amide bonds. The van der Waals surface area contributed by atoms with Gasteiger partial charge in [0.25, 0.3) is 0 Å². The van der Waals surface area contributed by atoms with Crippen LogP contribution in [-0.4, -0.2) is 54.4 Å². The number of ether oxygens (including phenoxy) is 4. The van der Waals surface area contributed by atoms with Crippen LogP contribution in [0.2, 0.25) is 0 Å². The van der Waals surface area contributed by atoms with E-state index in [9.17, 15) is 14.7 Å². The Morgan fingerprint density at radius 3 is 2.35 bits per heavy atom. The summed E-state index contributed by atoms with van der Waals surface area (Å²) < 4.78 is 20.4. The molecule has 7 heteroatoms. The van der Waals surface area contributed by atoms with Crippen molar-refractivity contribution in [2.24, 2.45) is 0 Å². The molecule has 0 spiro atoms. The number of hydrogen-bond donors (Lipinski definition) is 1. The third-order valence-electron chi connectivity index (χ3n) is 2.64. The van der Waals surface area contributed by atoms with Gasteiger partial charge < -0.3 is 24.1 Å². The summed E-state index contributed by atoms with van der Waals surface area (Å²) in [6.45, 7) is 2.65. The van der Waals surface area contributed by atoms with Crippen molar-refractivity contribution in [2.45, 2.75) is 44.6 Å². The monoisotopic (exact) mass is 246 g/mol. The van der Waals surface area contributed by atoms with Crippen LogP contribution < -0.4 is 0 Å². The molecule has 0 aromatic carbocycles. The Morgan fingerprint density at radius 1 is 1.18 bits per heavy atom. The molecule has 2 bridgehead atoms. The van der Waals surface area contributed by atoms with Crippen LogP contribution in [0, 0.1) is 0 Å². The highest BCUT2D eigenvalue weighted by Gasteiger charge is 2.53. The molecule has 17 heavy (non-hydrogen) atoms. The van der Waals surface area contributed by atoms with Crippen LogP contribution in [0.25, 0.3) is 0 Å². The van der Waals surface area contributed by atoms with Crippen molar-refractivity contribution in [3.05, 3.63) is 0 Å². The van der Waals surface area contributed by atoms with E-state index in [1.807, 2.05) is 0 Å². The van der Waals surface area contributed by atoms with Gasteiger partial charge in [0.1, 0.15) is 12.2 Å². The quantitative estimate of drug-likeness (QED) is 0.622. The summed E-state index contributed by atoms with van der Waals surface area (Å²) in [6, 6.07) is 0. The zero-order valence-corrected chi connectivity index (χ0v) is 9.49. The summed E-state index contributed by atoms with van der Waals surface area (Å²) in [5, 5.41) is 9.87. The van der Waals surface area contributed by atoms with Crippen molar-refractivity contribution in [3.63, 3.8) is 0 Å². The topological polar surface area (TPSA) is 91.3 Å². The highest BCUT2D eigenvalue weighted by molar-refractivity contribution is 5.67. The summed E-state index contributed by atoms with van der Waals surface area (Å²) in [5.74, 6) is -1.10. The van der Waals surface area contributed by atoms with Crippen molar-refractivity contribution in [1.82, 2.24) is 0 Å². The molecule has 2 saturated heterocycles. The van der Waals surface area contributed by atoms with E-state index in [1.165, 1.54) is 13.8 Å². The van der Waals surface area contributed by atoms with Crippen molar-refractivity contribution in [2.75, 3.05) is 6.61 Å². The molecule has 2 aliphatic rings. The van der Waals surface area contributed by atoms with Gasteiger partial charge in [-0.05, 0) is 0 Å². The lowest BCUT2D eigenvalue weighted by atomic mass is 10.0. The maximum Gasteiger partial charge on any atom is 0.303 e. The van der Waals surface area contributed by atoms with Gasteiger partial charge in [-0.3, -0.25) is 9.59 Å². The zero-order chi connectivity index (χ0) is 12.6. The maximum absolute atomic E-state index is 11.0. The first-order valence-corrected chi connectivity index (χ1v) is 5.28. The molecular formula is C10H14O7. The first-order valence-electron chi connectivity index (χ1n) is 5.28. The number of fused-ring (bicyclic) bond motifs is 2. The molecular weight excluding hydrogens is 232 g/mol. The second-order valence-corrected chi connectivity index (χ2v) is 4.01. The average molecular weight is 246 g/mol. The van der Waals surface area contributed by atoms with E-state index >= 15 is 0 Å². The van der Waals surface area contributed by atoms with E-state index in [4.69, 9.17) is 18.9 Å². The smallest absolute Gasteiger partial charge is 0.303 e.